The number of likely N-dealkylation sites (tertiary alicyclic amines) is 1. The number of benzene rings is 2. The molecule has 4 nitrogen and oxygen atoms in total. The molecule has 0 aliphatic carbocycles. The molecule has 0 atom stereocenters. The summed E-state index contributed by atoms with van der Waals surface area (Å²) in [6, 6.07) is 18.0. The highest BCUT2D eigenvalue weighted by atomic mass is 32.1. The number of thiophene rings is 1. The molecule has 1 fully saturated rings. The Bertz CT molecular complexity index is 986. The van der Waals surface area contributed by atoms with Gasteiger partial charge in [-0.15, -0.1) is 11.3 Å². The number of hydrogen-bond acceptors (Lipinski definition) is 3. The first kappa shape index (κ1) is 19.6. The number of fused-ring (bicyclic) bond motifs is 1. The van der Waals surface area contributed by atoms with Gasteiger partial charge in [-0.1, -0.05) is 42.5 Å². The van der Waals surface area contributed by atoms with Crippen LogP contribution in [0.2, 0.25) is 0 Å². The molecule has 0 radical (unpaired) electrons. The third kappa shape index (κ3) is 4.20. The zero-order valence-corrected chi connectivity index (χ0v) is 17.5. The highest BCUT2D eigenvalue weighted by Crippen LogP contribution is 2.25. The van der Waals surface area contributed by atoms with Crippen LogP contribution < -0.4 is 0 Å². The average molecular weight is 407 g/mol. The van der Waals surface area contributed by atoms with Gasteiger partial charge in [0.25, 0.3) is 5.91 Å². The van der Waals surface area contributed by atoms with Crippen LogP contribution >= 0.6 is 11.3 Å². The van der Waals surface area contributed by atoms with Crippen LogP contribution in [-0.2, 0) is 11.3 Å². The topological polar surface area (TPSA) is 40.6 Å². The fourth-order valence-corrected chi connectivity index (χ4v) is 4.83. The van der Waals surface area contributed by atoms with E-state index in [2.05, 4.69) is 6.07 Å². The predicted octanol–water partition coefficient (Wildman–Crippen LogP) is 4.80. The molecule has 4 rings (SSSR count). The van der Waals surface area contributed by atoms with Gasteiger partial charge in [0.05, 0.1) is 6.54 Å². The van der Waals surface area contributed by atoms with Gasteiger partial charge in [-0.05, 0) is 48.1 Å². The van der Waals surface area contributed by atoms with Crippen molar-refractivity contribution in [1.82, 2.24) is 9.80 Å². The van der Waals surface area contributed by atoms with Crippen molar-refractivity contribution in [3.63, 3.8) is 0 Å². The molecule has 3 aromatic rings. The van der Waals surface area contributed by atoms with Crippen molar-refractivity contribution in [2.45, 2.75) is 26.3 Å². The second-order valence-electron chi connectivity index (χ2n) is 7.52. The summed E-state index contributed by atoms with van der Waals surface area (Å²) in [5.41, 5.74) is 0.751. The summed E-state index contributed by atoms with van der Waals surface area (Å²) in [5.74, 6) is 0.295. The molecule has 0 bridgehead atoms. The molecule has 2 aromatic carbocycles. The molecule has 0 saturated carbocycles. The van der Waals surface area contributed by atoms with E-state index in [0.717, 1.165) is 29.2 Å². The maximum absolute atomic E-state index is 13.1. The van der Waals surface area contributed by atoms with E-state index in [1.165, 1.54) is 4.88 Å². The van der Waals surface area contributed by atoms with Gasteiger partial charge < -0.3 is 9.80 Å². The highest BCUT2D eigenvalue weighted by molar-refractivity contribution is 7.09. The van der Waals surface area contributed by atoms with Crippen LogP contribution in [0.5, 0.6) is 0 Å². The van der Waals surface area contributed by atoms with Crippen molar-refractivity contribution in [2.24, 2.45) is 5.92 Å². The summed E-state index contributed by atoms with van der Waals surface area (Å²) >= 11 is 1.69. The smallest absolute Gasteiger partial charge is 0.254 e. The van der Waals surface area contributed by atoms with E-state index in [9.17, 15) is 9.59 Å². The van der Waals surface area contributed by atoms with E-state index in [-0.39, 0.29) is 17.7 Å². The van der Waals surface area contributed by atoms with Crippen LogP contribution in [0, 0.1) is 5.92 Å². The zero-order valence-electron chi connectivity index (χ0n) is 16.7. The van der Waals surface area contributed by atoms with Crippen molar-refractivity contribution in [2.75, 3.05) is 19.6 Å². The lowest BCUT2D eigenvalue weighted by Crippen LogP contribution is -2.44. The summed E-state index contributed by atoms with van der Waals surface area (Å²) in [6.07, 6.45) is 1.46. The van der Waals surface area contributed by atoms with Crippen LogP contribution in [0.15, 0.2) is 60.0 Å². The fourth-order valence-electron chi connectivity index (χ4n) is 4.11. The van der Waals surface area contributed by atoms with Gasteiger partial charge in [0.15, 0.2) is 0 Å². The first-order chi connectivity index (χ1) is 14.2. The molecule has 0 unspecified atom stereocenters. The predicted molar refractivity (Wildman–Crippen MR) is 118 cm³/mol. The number of carbonyl (C=O) groups is 2. The van der Waals surface area contributed by atoms with Gasteiger partial charge >= 0.3 is 0 Å². The van der Waals surface area contributed by atoms with Crippen LogP contribution in [-0.4, -0.2) is 41.2 Å². The number of hydrogen-bond donors (Lipinski definition) is 0. The number of rotatable bonds is 5. The van der Waals surface area contributed by atoms with Gasteiger partial charge in [-0.25, -0.2) is 0 Å². The molecule has 29 heavy (non-hydrogen) atoms. The normalized spacial score (nSPS) is 14.9. The minimum absolute atomic E-state index is 0.00600. The molecule has 1 aromatic heterocycles. The maximum Gasteiger partial charge on any atom is 0.254 e. The molecule has 2 amide bonds. The third-order valence-corrected chi connectivity index (χ3v) is 6.63. The SMILES string of the molecule is CCN(Cc1cccs1)C(=O)C1CCN(C(=O)c2cccc3ccccc23)CC1. The molecular weight excluding hydrogens is 380 g/mol. The second-order valence-corrected chi connectivity index (χ2v) is 8.56. The number of amides is 2. The van der Waals surface area contributed by atoms with E-state index in [1.807, 2.05) is 70.6 Å². The zero-order chi connectivity index (χ0) is 20.2. The molecule has 0 spiro atoms. The molecular formula is C24H26N2O2S. The van der Waals surface area contributed by atoms with Crippen LogP contribution in [0.25, 0.3) is 10.8 Å². The molecule has 1 aliphatic rings. The van der Waals surface area contributed by atoms with Crippen LogP contribution in [0.4, 0.5) is 0 Å². The molecule has 1 saturated heterocycles. The van der Waals surface area contributed by atoms with Crippen molar-refractivity contribution < 1.29 is 9.59 Å². The third-order valence-electron chi connectivity index (χ3n) is 5.77. The Hall–Kier alpha value is -2.66. The van der Waals surface area contributed by atoms with E-state index in [0.29, 0.717) is 26.2 Å². The number of nitrogens with zero attached hydrogens (tertiary/aromatic N) is 2. The lowest BCUT2D eigenvalue weighted by atomic mass is 9.94. The Morgan fingerprint density at radius 3 is 2.52 bits per heavy atom. The highest BCUT2D eigenvalue weighted by Gasteiger charge is 2.30. The summed E-state index contributed by atoms with van der Waals surface area (Å²) in [6.45, 7) is 4.70. The maximum atomic E-state index is 13.1. The van der Waals surface area contributed by atoms with E-state index in [4.69, 9.17) is 0 Å². The first-order valence-corrected chi connectivity index (χ1v) is 11.1. The lowest BCUT2D eigenvalue weighted by Gasteiger charge is -2.34. The quantitative estimate of drug-likeness (QED) is 0.610. The summed E-state index contributed by atoms with van der Waals surface area (Å²) in [4.78, 5) is 31.2. The van der Waals surface area contributed by atoms with Gasteiger partial charge in [-0.3, -0.25) is 9.59 Å². The van der Waals surface area contributed by atoms with E-state index in [1.54, 1.807) is 11.3 Å². The van der Waals surface area contributed by atoms with Gasteiger partial charge in [0.1, 0.15) is 0 Å². The van der Waals surface area contributed by atoms with Crippen molar-refractivity contribution in [3.8, 4) is 0 Å². The van der Waals surface area contributed by atoms with Gasteiger partial charge in [0, 0.05) is 36.0 Å². The largest absolute Gasteiger partial charge is 0.339 e. The molecule has 5 heteroatoms. The van der Waals surface area contributed by atoms with E-state index < -0.39 is 0 Å². The summed E-state index contributed by atoms with van der Waals surface area (Å²) in [5, 5.41) is 4.12. The van der Waals surface area contributed by atoms with Crippen molar-refractivity contribution in [1.29, 1.82) is 0 Å². The Kier molecular flexibility index (Phi) is 5.95. The van der Waals surface area contributed by atoms with Gasteiger partial charge in [0.2, 0.25) is 5.91 Å². The van der Waals surface area contributed by atoms with Crippen LogP contribution in [0.1, 0.15) is 35.0 Å². The fraction of sp³-hybridized carbons (Fsp3) is 0.333. The Balaban J connectivity index is 1.41. The van der Waals surface area contributed by atoms with Crippen molar-refractivity contribution >= 4 is 33.9 Å². The molecule has 1 aliphatic heterocycles. The Morgan fingerprint density at radius 2 is 1.79 bits per heavy atom. The molecule has 2 heterocycles. The standard InChI is InChI=1S/C24H26N2O2S/c1-2-25(17-20-9-6-16-29-20)23(27)19-12-14-26(15-13-19)24(28)22-11-5-8-18-7-3-4-10-21(18)22/h3-11,16,19H,2,12-15,17H2,1H3. The van der Waals surface area contributed by atoms with Gasteiger partial charge in [-0.2, -0.15) is 0 Å². The number of piperidine rings is 1. The Labute approximate surface area is 175 Å². The Morgan fingerprint density at radius 1 is 1.03 bits per heavy atom. The number of carbonyl (C=O) groups excluding carboxylic acids is 2. The van der Waals surface area contributed by atoms with E-state index >= 15 is 0 Å². The second kappa shape index (κ2) is 8.78. The summed E-state index contributed by atoms with van der Waals surface area (Å²) < 4.78 is 0. The average Bonchev–Trinajstić information content (AvgIpc) is 3.29. The minimum atomic E-state index is 0.00600. The minimum Gasteiger partial charge on any atom is -0.339 e. The van der Waals surface area contributed by atoms with Crippen LogP contribution in [0.3, 0.4) is 0 Å². The monoisotopic (exact) mass is 406 g/mol. The molecule has 0 N–H and O–H groups in total. The first-order valence-electron chi connectivity index (χ1n) is 10.3. The lowest BCUT2D eigenvalue weighted by molar-refractivity contribution is -0.137. The van der Waals surface area contributed by atoms with Crippen molar-refractivity contribution in [3.05, 3.63) is 70.4 Å². The molecule has 150 valence electrons. The summed E-state index contributed by atoms with van der Waals surface area (Å²) in [7, 11) is 0.